The van der Waals surface area contributed by atoms with Crippen LogP contribution >= 0.6 is 0 Å². The summed E-state index contributed by atoms with van der Waals surface area (Å²) >= 11 is 0. The molecule has 0 aliphatic carbocycles. The maximum absolute atomic E-state index is 11.2. The average Bonchev–Trinajstić information content (AvgIpc) is 2.16. The van der Waals surface area contributed by atoms with Crippen LogP contribution in [0, 0.1) is 0 Å². The maximum atomic E-state index is 11.2. The highest BCUT2D eigenvalue weighted by molar-refractivity contribution is 5.78. The number of carbonyl (C=O) groups is 2. The number of fused-ring (bicyclic) bond motifs is 1. The second-order valence-electron chi connectivity index (χ2n) is 3.51. The lowest BCUT2D eigenvalue weighted by Crippen LogP contribution is -2.21. The highest BCUT2D eigenvalue weighted by Gasteiger charge is 2.28. The van der Waals surface area contributed by atoms with Gasteiger partial charge in [-0.05, 0) is 11.6 Å². The molecule has 1 N–H and O–H groups in total. The highest BCUT2D eigenvalue weighted by Crippen LogP contribution is 2.35. The molecule has 0 saturated carbocycles. The molecule has 4 nitrogen and oxygen atoms in total. The van der Waals surface area contributed by atoms with Gasteiger partial charge >= 0.3 is 11.9 Å². The second-order valence-corrected chi connectivity index (χ2v) is 3.51. The minimum atomic E-state index is -0.899. The Kier molecular flexibility index (Phi) is 2.41. The zero-order chi connectivity index (χ0) is 10.8. The van der Waals surface area contributed by atoms with E-state index >= 15 is 0 Å². The van der Waals surface area contributed by atoms with Gasteiger partial charge in [0.25, 0.3) is 0 Å². The summed E-state index contributed by atoms with van der Waals surface area (Å²) in [5.41, 5.74) is 0.805. The molecule has 78 valence electrons. The zero-order valence-electron chi connectivity index (χ0n) is 7.97. The van der Waals surface area contributed by atoms with Crippen molar-refractivity contribution in [2.75, 3.05) is 0 Å². The number of para-hydroxylation sites is 1. The van der Waals surface area contributed by atoms with Crippen molar-refractivity contribution in [3.63, 3.8) is 0 Å². The minimum absolute atomic E-state index is 0.0356. The van der Waals surface area contributed by atoms with Crippen LogP contribution in [0.25, 0.3) is 0 Å². The lowest BCUT2D eigenvalue weighted by atomic mass is 9.90. The molecule has 0 radical (unpaired) electrons. The Hall–Kier alpha value is -1.84. The summed E-state index contributed by atoms with van der Waals surface area (Å²) < 4.78 is 5.01. The third-order valence-electron chi connectivity index (χ3n) is 2.42. The molecule has 1 aromatic carbocycles. The standard InChI is InChI=1S/C11H10O4/c12-10(13)5-7-6-11(14)15-9-4-2-1-3-8(7)9/h1-4,7H,5-6H2,(H,12,13). The first kappa shape index (κ1) is 9.71. The van der Waals surface area contributed by atoms with Crippen molar-refractivity contribution in [1.29, 1.82) is 0 Å². The van der Waals surface area contributed by atoms with Crippen molar-refractivity contribution in [2.24, 2.45) is 0 Å². The summed E-state index contributed by atoms with van der Waals surface area (Å²) in [7, 11) is 0. The topological polar surface area (TPSA) is 63.6 Å². The number of carbonyl (C=O) groups excluding carboxylic acids is 1. The second kappa shape index (κ2) is 3.73. The van der Waals surface area contributed by atoms with E-state index in [1.807, 2.05) is 6.07 Å². The van der Waals surface area contributed by atoms with E-state index in [2.05, 4.69) is 0 Å². The Labute approximate surface area is 86.5 Å². The van der Waals surface area contributed by atoms with E-state index < -0.39 is 5.97 Å². The van der Waals surface area contributed by atoms with E-state index in [1.165, 1.54) is 0 Å². The number of benzene rings is 1. The number of carboxylic acids is 1. The first-order valence-electron chi connectivity index (χ1n) is 4.68. The Morgan fingerprint density at radius 2 is 2.20 bits per heavy atom. The SMILES string of the molecule is O=C(O)CC1CC(=O)Oc2ccccc21. The summed E-state index contributed by atoms with van der Waals surface area (Å²) in [6.07, 6.45) is 0.107. The first-order chi connectivity index (χ1) is 7.16. The number of esters is 1. The van der Waals surface area contributed by atoms with E-state index in [-0.39, 0.29) is 24.7 Å². The minimum Gasteiger partial charge on any atom is -0.481 e. The molecule has 1 unspecified atom stereocenters. The molecule has 0 saturated heterocycles. The summed E-state index contributed by atoms with van der Waals surface area (Å²) in [5, 5.41) is 8.73. The van der Waals surface area contributed by atoms with E-state index in [0.29, 0.717) is 5.75 Å². The fourth-order valence-corrected chi connectivity index (χ4v) is 1.78. The molecule has 1 atom stereocenters. The molecule has 0 aromatic heterocycles. The Bertz CT molecular complexity index is 411. The van der Waals surface area contributed by atoms with Crippen LogP contribution in [-0.4, -0.2) is 17.0 Å². The number of hydrogen-bond acceptors (Lipinski definition) is 3. The van der Waals surface area contributed by atoms with Gasteiger partial charge in [-0.3, -0.25) is 9.59 Å². The van der Waals surface area contributed by atoms with Crippen LogP contribution in [0.2, 0.25) is 0 Å². The van der Waals surface area contributed by atoms with E-state index in [0.717, 1.165) is 5.56 Å². The quantitative estimate of drug-likeness (QED) is 0.589. The number of carboxylic acid groups (broad SMARTS) is 1. The molecule has 1 aliphatic heterocycles. The predicted octanol–water partition coefficient (Wildman–Crippen LogP) is 1.55. The summed E-state index contributed by atoms with van der Waals surface area (Å²) in [4.78, 5) is 21.8. The van der Waals surface area contributed by atoms with Crippen LogP contribution in [0.4, 0.5) is 0 Å². The molecule has 1 aromatic rings. The van der Waals surface area contributed by atoms with Crippen LogP contribution in [-0.2, 0) is 9.59 Å². The van der Waals surface area contributed by atoms with Gasteiger partial charge in [0.1, 0.15) is 5.75 Å². The molecule has 1 heterocycles. The van der Waals surface area contributed by atoms with E-state index in [4.69, 9.17) is 9.84 Å². The molecular formula is C11H10O4. The number of ether oxygens (including phenoxy) is 1. The van der Waals surface area contributed by atoms with Crippen molar-refractivity contribution in [2.45, 2.75) is 18.8 Å². The smallest absolute Gasteiger partial charge is 0.311 e. The molecule has 15 heavy (non-hydrogen) atoms. The van der Waals surface area contributed by atoms with E-state index in [1.54, 1.807) is 18.2 Å². The van der Waals surface area contributed by atoms with Crippen molar-refractivity contribution in [3.05, 3.63) is 29.8 Å². The van der Waals surface area contributed by atoms with Gasteiger partial charge in [0.05, 0.1) is 12.8 Å². The molecule has 0 bridgehead atoms. The van der Waals surface area contributed by atoms with Crippen molar-refractivity contribution >= 4 is 11.9 Å². The highest BCUT2D eigenvalue weighted by atomic mass is 16.5. The molecular weight excluding hydrogens is 196 g/mol. The van der Waals surface area contributed by atoms with Gasteiger partial charge in [0.15, 0.2) is 0 Å². The van der Waals surface area contributed by atoms with Gasteiger partial charge in [-0.1, -0.05) is 18.2 Å². The normalized spacial score (nSPS) is 19.2. The largest absolute Gasteiger partial charge is 0.481 e. The van der Waals surface area contributed by atoms with Crippen LogP contribution in [0.5, 0.6) is 5.75 Å². The van der Waals surface area contributed by atoms with Crippen molar-refractivity contribution < 1.29 is 19.4 Å². The van der Waals surface area contributed by atoms with Crippen LogP contribution < -0.4 is 4.74 Å². The molecule has 4 heteroatoms. The fraction of sp³-hybridized carbons (Fsp3) is 0.273. The molecule has 0 spiro atoms. The molecule has 0 amide bonds. The Morgan fingerprint density at radius 1 is 1.47 bits per heavy atom. The van der Waals surface area contributed by atoms with Crippen LogP contribution in [0.1, 0.15) is 24.3 Å². The van der Waals surface area contributed by atoms with Gasteiger partial charge in [-0.2, -0.15) is 0 Å². The van der Waals surface area contributed by atoms with Gasteiger partial charge in [0.2, 0.25) is 0 Å². The third kappa shape index (κ3) is 1.98. The van der Waals surface area contributed by atoms with Crippen molar-refractivity contribution in [1.82, 2.24) is 0 Å². The van der Waals surface area contributed by atoms with E-state index in [9.17, 15) is 9.59 Å². The Balaban J connectivity index is 2.33. The maximum Gasteiger partial charge on any atom is 0.311 e. The van der Waals surface area contributed by atoms with Crippen molar-refractivity contribution in [3.8, 4) is 5.75 Å². The molecule has 1 aliphatic rings. The fourth-order valence-electron chi connectivity index (χ4n) is 1.78. The van der Waals surface area contributed by atoms with Crippen LogP contribution in [0.3, 0.4) is 0 Å². The average molecular weight is 206 g/mol. The number of hydrogen-bond donors (Lipinski definition) is 1. The predicted molar refractivity (Wildman–Crippen MR) is 51.7 cm³/mol. The lowest BCUT2D eigenvalue weighted by Gasteiger charge is -2.22. The zero-order valence-corrected chi connectivity index (χ0v) is 7.97. The lowest BCUT2D eigenvalue weighted by molar-refractivity contribution is -0.139. The van der Waals surface area contributed by atoms with Gasteiger partial charge in [-0.25, -0.2) is 0 Å². The number of aliphatic carboxylic acids is 1. The summed E-state index contributed by atoms with van der Waals surface area (Å²) in [5.74, 6) is -1.04. The molecule has 0 fully saturated rings. The summed E-state index contributed by atoms with van der Waals surface area (Å²) in [6.45, 7) is 0. The van der Waals surface area contributed by atoms with Crippen LogP contribution in [0.15, 0.2) is 24.3 Å². The summed E-state index contributed by atoms with van der Waals surface area (Å²) in [6, 6.07) is 7.05. The monoisotopic (exact) mass is 206 g/mol. The number of rotatable bonds is 2. The molecule has 2 rings (SSSR count). The van der Waals surface area contributed by atoms with Gasteiger partial charge in [-0.15, -0.1) is 0 Å². The van der Waals surface area contributed by atoms with Gasteiger partial charge in [0, 0.05) is 5.92 Å². The van der Waals surface area contributed by atoms with Gasteiger partial charge < -0.3 is 9.84 Å². The Morgan fingerprint density at radius 3 is 2.93 bits per heavy atom. The first-order valence-corrected chi connectivity index (χ1v) is 4.68. The third-order valence-corrected chi connectivity index (χ3v) is 2.42.